The van der Waals surface area contributed by atoms with Crippen LogP contribution in [0.25, 0.3) is 0 Å². The maximum atomic E-state index is 11.0. The minimum absolute atomic E-state index is 0.0948. The third-order valence-electron chi connectivity index (χ3n) is 2.83. The standard InChI is InChI=1S/C12H13ClN2O5/c13-9-1-2-11(10(7-9)15(17)18)20-12-8-14(3-5-16)4-6-19-12/h1-2,5,7,12H,3-4,6,8H2. The Morgan fingerprint density at radius 2 is 2.40 bits per heavy atom. The van der Waals surface area contributed by atoms with Crippen molar-refractivity contribution < 1.29 is 19.2 Å². The summed E-state index contributed by atoms with van der Waals surface area (Å²) >= 11 is 5.73. The van der Waals surface area contributed by atoms with Crippen LogP contribution in [0.1, 0.15) is 0 Å². The van der Waals surface area contributed by atoms with Gasteiger partial charge in [0, 0.05) is 17.6 Å². The molecule has 0 radical (unpaired) electrons. The van der Waals surface area contributed by atoms with Crippen molar-refractivity contribution in [2.24, 2.45) is 0 Å². The van der Waals surface area contributed by atoms with E-state index in [0.717, 1.165) is 6.29 Å². The van der Waals surface area contributed by atoms with Crippen LogP contribution >= 0.6 is 11.6 Å². The maximum absolute atomic E-state index is 11.0. The predicted octanol–water partition coefficient (Wildman–Crippen LogP) is 1.48. The van der Waals surface area contributed by atoms with E-state index in [-0.39, 0.29) is 23.0 Å². The van der Waals surface area contributed by atoms with Crippen molar-refractivity contribution in [3.8, 4) is 5.75 Å². The molecule has 1 aliphatic rings. The van der Waals surface area contributed by atoms with Crippen molar-refractivity contribution >= 4 is 23.6 Å². The second kappa shape index (κ2) is 6.65. The van der Waals surface area contributed by atoms with Gasteiger partial charge >= 0.3 is 5.69 Å². The molecular weight excluding hydrogens is 288 g/mol. The minimum atomic E-state index is -0.649. The highest BCUT2D eigenvalue weighted by atomic mass is 35.5. The molecule has 108 valence electrons. The molecule has 8 heteroatoms. The van der Waals surface area contributed by atoms with Gasteiger partial charge in [-0.3, -0.25) is 15.0 Å². The van der Waals surface area contributed by atoms with Crippen LogP contribution in [0, 0.1) is 10.1 Å². The second-order valence-electron chi connectivity index (χ2n) is 4.21. The fraction of sp³-hybridized carbons (Fsp3) is 0.417. The predicted molar refractivity (Wildman–Crippen MR) is 71.0 cm³/mol. The minimum Gasteiger partial charge on any atom is -0.456 e. The molecule has 0 aromatic heterocycles. The number of carbonyl (C=O) groups excluding carboxylic acids is 1. The number of hydrogen-bond acceptors (Lipinski definition) is 6. The Balaban J connectivity index is 2.09. The van der Waals surface area contributed by atoms with Crippen molar-refractivity contribution in [3.63, 3.8) is 0 Å². The van der Waals surface area contributed by atoms with Crippen LogP contribution < -0.4 is 4.74 Å². The molecule has 2 rings (SSSR count). The van der Waals surface area contributed by atoms with Gasteiger partial charge in [-0.2, -0.15) is 0 Å². The van der Waals surface area contributed by atoms with Gasteiger partial charge in [0.25, 0.3) is 0 Å². The zero-order chi connectivity index (χ0) is 14.5. The number of benzene rings is 1. The molecule has 1 fully saturated rings. The first-order valence-corrected chi connectivity index (χ1v) is 6.36. The second-order valence-corrected chi connectivity index (χ2v) is 4.65. The lowest BCUT2D eigenvalue weighted by molar-refractivity contribution is -0.386. The summed E-state index contributed by atoms with van der Waals surface area (Å²) in [4.78, 5) is 22.7. The van der Waals surface area contributed by atoms with Gasteiger partial charge in [-0.25, -0.2) is 0 Å². The van der Waals surface area contributed by atoms with Gasteiger partial charge in [0.15, 0.2) is 5.75 Å². The Kier molecular flexibility index (Phi) is 4.89. The smallest absolute Gasteiger partial charge is 0.312 e. The summed E-state index contributed by atoms with van der Waals surface area (Å²) in [6.45, 7) is 1.69. The number of ether oxygens (including phenoxy) is 2. The summed E-state index contributed by atoms with van der Waals surface area (Å²) in [7, 11) is 0. The van der Waals surface area contributed by atoms with Crippen LogP contribution in [0.3, 0.4) is 0 Å². The Morgan fingerprint density at radius 3 is 3.10 bits per heavy atom. The number of nitro benzene ring substituents is 1. The van der Waals surface area contributed by atoms with Crippen molar-refractivity contribution in [2.45, 2.75) is 6.29 Å². The van der Waals surface area contributed by atoms with E-state index < -0.39 is 11.2 Å². The number of nitro groups is 1. The summed E-state index contributed by atoms with van der Waals surface area (Å²) in [6.07, 6.45) is 0.149. The van der Waals surface area contributed by atoms with E-state index in [9.17, 15) is 14.9 Å². The van der Waals surface area contributed by atoms with Crippen LogP contribution in [0.5, 0.6) is 5.75 Å². The molecule has 1 heterocycles. The third-order valence-corrected chi connectivity index (χ3v) is 3.06. The number of nitrogens with zero attached hydrogens (tertiary/aromatic N) is 2. The number of morpholine rings is 1. The average molecular weight is 301 g/mol. The summed E-state index contributed by atoms with van der Waals surface area (Å²) in [5, 5.41) is 11.2. The Bertz CT molecular complexity index is 511. The molecule has 0 spiro atoms. The van der Waals surface area contributed by atoms with E-state index in [1.165, 1.54) is 18.2 Å². The summed E-state index contributed by atoms with van der Waals surface area (Å²) in [6, 6.07) is 4.17. The highest BCUT2D eigenvalue weighted by Gasteiger charge is 2.25. The lowest BCUT2D eigenvalue weighted by Crippen LogP contribution is -2.45. The molecule has 0 bridgehead atoms. The third kappa shape index (κ3) is 3.66. The van der Waals surface area contributed by atoms with Gasteiger partial charge in [0.05, 0.1) is 24.6 Å². The van der Waals surface area contributed by atoms with Gasteiger partial charge in [0.2, 0.25) is 6.29 Å². The van der Waals surface area contributed by atoms with Crippen LogP contribution in [0.15, 0.2) is 18.2 Å². The lowest BCUT2D eigenvalue weighted by atomic mass is 10.3. The van der Waals surface area contributed by atoms with Crippen LogP contribution in [0.2, 0.25) is 5.02 Å². The summed E-state index contributed by atoms with van der Waals surface area (Å²) in [5.74, 6) is 0.0948. The van der Waals surface area contributed by atoms with Gasteiger partial charge in [-0.15, -0.1) is 0 Å². The molecule has 0 saturated carbocycles. The zero-order valence-electron chi connectivity index (χ0n) is 10.5. The summed E-state index contributed by atoms with van der Waals surface area (Å²) < 4.78 is 10.9. The van der Waals surface area contributed by atoms with E-state index in [1.807, 2.05) is 4.90 Å². The Morgan fingerprint density at radius 1 is 1.60 bits per heavy atom. The Hall–Kier alpha value is -1.70. The Labute approximate surface area is 120 Å². The molecule has 0 amide bonds. The van der Waals surface area contributed by atoms with Crippen molar-refractivity contribution in [3.05, 3.63) is 33.3 Å². The van der Waals surface area contributed by atoms with E-state index in [2.05, 4.69) is 0 Å². The van der Waals surface area contributed by atoms with E-state index >= 15 is 0 Å². The van der Waals surface area contributed by atoms with E-state index in [1.54, 1.807) is 0 Å². The molecule has 1 unspecified atom stereocenters. The molecule has 1 atom stereocenters. The van der Waals surface area contributed by atoms with E-state index in [0.29, 0.717) is 19.7 Å². The molecule has 20 heavy (non-hydrogen) atoms. The lowest BCUT2D eigenvalue weighted by Gasteiger charge is -2.31. The van der Waals surface area contributed by atoms with Gasteiger partial charge in [-0.1, -0.05) is 11.6 Å². The topological polar surface area (TPSA) is 81.9 Å². The molecule has 7 nitrogen and oxygen atoms in total. The van der Waals surface area contributed by atoms with E-state index in [4.69, 9.17) is 21.1 Å². The monoisotopic (exact) mass is 300 g/mol. The van der Waals surface area contributed by atoms with Gasteiger partial charge < -0.3 is 14.3 Å². The molecule has 1 aliphatic heterocycles. The first-order valence-electron chi connectivity index (χ1n) is 5.98. The number of hydrogen-bond donors (Lipinski definition) is 0. The SMILES string of the molecule is O=CCN1CCOC(Oc2ccc(Cl)cc2[N+](=O)[O-])C1. The van der Waals surface area contributed by atoms with Crippen LogP contribution in [0.4, 0.5) is 5.69 Å². The van der Waals surface area contributed by atoms with Crippen molar-refractivity contribution in [1.29, 1.82) is 0 Å². The molecule has 1 aromatic carbocycles. The van der Waals surface area contributed by atoms with Crippen LogP contribution in [-0.2, 0) is 9.53 Å². The maximum Gasteiger partial charge on any atom is 0.312 e. The number of aldehydes is 1. The molecule has 0 N–H and O–H groups in total. The van der Waals surface area contributed by atoms with Crippen LogP contribution in [-0.4, -0.2) is 48.6 Å². The molecule has 0 aliphatic carbocycles. The van der Waals surface area contributed by atoms with Gasteiger partial charge in [-0.05, 0) is 12.1 Å². The normalized spacial score (nSPS) is 19.6. The van der Waals surface area contributed by atoms with Crippen molar-refractivity contribution in [1.82, 2.24) is 4.90 Å². The quantitative estimate of drug-likeness (QED) is 0.465. The van der Waals surface area contributed by atoms with Crippen molar-refractivity contribution in [2.75, 3.05) is 26.2 Å². The fourth-order valence-electron chi connectivity index (χ4n) is 1.89. The highest BCUT2D eigenvalue weighted by molar-refractivity contribution is 6.30. The largest absolute Gasteiger partial charge is 0.456 e. The molecule has 1 aromatic rings. The number of halogens is 1. The summed E-state index contributed by atoms with van der Waals surface area (Å²) in [5.41, 5.74) is -0.214. The average Bonchev–Trinajstić information content (AvgIpc) is 2.41. The first-order chi connectivity index (χ1) is 9.60. The molecular formula is C12H13ClN2O5. The number of carbonyl (C=O) groups is 1. The van der Waals surface area contributed by atoms with Gasteiger partial charge in [0.1, 0.15) is 6.29 Å². The number of rotatable bonds is 5. The molecule has 1 saturated heterocycles. The fourth-order valence-corrected chi connectivity index (χ4v) is 2.05. The first kappa shape index (κ1) is 14.7. The highest BCUT2D eigenvalue weighted by Crippen LogP contribution is 2.31. The zero-order valence-corrected chi connectivity index (χ0v) is 11.3.